The second kappa shape index (κ2) is 7.27. The molecule has 0 aromatic heterocycles. The first-order chi connectivity index (χ1) is 3.63. The van der Waals surface area contributed by atoms with Crippen LogP contribution in [0.1, 0.15) is 0 Å². The molecule has 0 bridgehead atoms. The summed E-state index contributed by atoms with van der Waals surface area (Å²) < 4.78 is 0.234. The quantitative estimate of drug-likeness (QED) is 0.276. The zero-order valence-electron chi connectivity index (χ0n) is 4.07. The van der Waals surface area contributed by atoms with Crippen LogP contribution < -0.4 is 5.73 Å². The van der Waals surface area contributed by atoms with Gasteiger partial charge in [-0.3, -0.25) is 0 Å². The molecule has 0 rings (SSSR count). The van der Waals surface area contributed by atoms with E-state index in [2.05, 4.69) is 12.2 Å². The van der Waals surface area contributed by atoms with Gasteiger partial charge in [-0.25, -0.2) is 0 Å². The van der Waals surface area contributed by atoms with Crippen molar-refractivity contribution >= 4 is 57.9 Å². The summed E-state index contributed by atoms with van der Waals surface area (Å²) >= 11 is 5.48. The predicted molar refractivity (Wildman–Crippen MR) is 44.6 cm³/mol. The predicted octanol–water partition coefficient (Wildman–Crippen LogP) is -1.37. The summed E-state index contributed by atoms with van der Waals surface area (Å²) in [7, 11) is 0. The molecule has 0 aliphatic heterocycles. The van der Waals surface area contributed by atoms with Crippen molar-refractivity contribution in [2.75, 3.05) is 5.75 Å². The molecule has 9 heavy (non-hydrogen) atoms. The van der Waals surface area contributed by atoms with Gasteiger partial charge < -0.3 is 15.9 Å². The van der Waals surface area contributed by atoms with Gasteiger partial charge in [-0.05, 0) is 0 Å². The summed E-state index contributed by atoms with van der Waals surface area (Å²) in [5, 5.41) is 16.4. The molecule has 0 aromatic rings. The van der Waals surface area contributed by atoms with Crippen LogP contribution in [0.5, 0.6) is 0 Å². The van der Waals surface area contributed by atoms with Crippen molar-refractivity contribution in [3.63, 3.8) is 0 Å². The van der Waals surface area contributed by atoms with Crippen molar-refractivity contribution < 1.29 is 10.2 Å². The standard InChI is InChI=1S/C3H7NO2S2.Na.H/c4-3(7)8-1-2(5)6;;/h2,5-6H,1H2,(H2,4,7);;. The van der Waals surface area contributed by atoms with Crippen molar-refractivity contribution in [3.8, 4) is 0 Å². The molecule has 0 aliphatic rings. The van der Waals surface area contributed by atoms with Gasteiger partial charge in [-0.15, -0.1) is 0 Å². The molecule has 0 aliphatic carbocycles. The van der Waals surface area contributed by atoms with E-state index in [9.17, 15) is 0 Å². The Bertz CT molecular complexity index is 89.9. The van der Waals surface area contributed by atoms with Gasteiger partial charge in [0, 0.05) is 0 Å². The Morgan fingerprint density at radius 3 is 2.22 bits per heavy atom. The topological polar surface area (TPSA) is 66.5 Å². The minimum absolute atomic E-state index is 0. The Labute approximate surface area is 85.3 Å². The van der Waals surface area contributed by atoms with Crippen LogP contribution in [-0.4, -0.2) is 56.1 Å². The van der Waals surface area contributed by atoms with E-state index in [1.54, 1.807) is 0 Å². The zero-order valence-corrected chi connectivity index (χ0v) is 5.71. The molecule has 0 spiro atoms. The Kier molecular flexibility index (Phi) is 10.3. The number of aliphatic hydroxyl groups excluding tert-OH is 1. The maximum absolute atomic E-state index is 8.22. The Balaban J connectivity index is 0. The molecule has 0 saturated carbocycles. The molecule has 4 N–H and O–H groups in total. The number of thiocarbonyl (C=S) groups is 1. The summed E-state index contributed by atoms with van der Waals surface area (Å²) in [5.41, 5.74) is 5.01. The number of nitrogens with two attached hydrogens (primary N) is 1. The Morgan fingerprint density at radius 2 is 2.11 bits per heavy atom. The Hall–Kier alpha value is 1.16. The van der Waals surface area contributed by atoms with Gasteiger partial charge in [-0.1, -0.05) is 24.0 Å². The van der Waals surface area contributed by atoms with E-state index in [0.29, 0.717) is 0 Å². The monoisotopic (exact) mass is 177 g/mol. The average Bonchev–Trinajstić information content (AvgIpc) is 1.61. The molecule has 0 radical (unpaired) electrons. The van der Waals surface area contributed by atoms with Gasteiger partial charge in [0.25, 0.3) is 0 Å². The number of thioether (sulfide) groups is 1. The third kappa shape index (κ3) is 12.4. The van der Waals surface area contributed by atoms with Crippen LogP contribution in [0, 0.1) is 0 Å². The van der Waals surface area contributed by atoms with E-state index in [-0.39, 0.29) is 39.6 Å². The summed E-state index contributed by atoms with van der Waals surface area (Å²) in [6, 6.07) is 0. The van der Waals surface area contributed by atoms with Crippen LogP contribution in [0.15, 0.2) is 0 Å². The van der Waals surface area contributed by atoms with Gasteiger partial charge in [0.2, 0.25) is 0 Å². The fraction of sp³-hybridized carbons (Fsp3) is 0.667. The van der Waals surface area contributed by atoms with Crippen molar-refractivity contribution in [2.45, 2.75) is 6.29 Å². The first-order valence-corrected chi connectivity index (χ1v) is 3.30. The van der Waals surface area contributed by atoms with Gasteiger partial charge >= 0.3 is 29.6 Å². The molecular formula is C3H8NNaO2S2. The summed E-state index contributed by atoms with van der Waals surface area (Å²) in [6.45, 7) is 0. The van der Waals surface area contributed by atoms with E-state index in [4.69, 9.17) is 15.9 Å². The summed E-state index contributed by atoms with van der Waals surface area (Å²) in [4.78, 5) is 0. The molecule has 0 atom stereocenters. The first kappa shape index (κ1) is 12.8. The zero-order chi connectivity index (χ0) is 6.57. The van der Waals surface area contributed by atoms with Crippen LogP contribution in [0.3, 0.4) is 0 Å². The fourth-order valence-corrected chi connectivity index (χ4v) is 0.674. The number of hydrogen-bond donors (Lipinski definition) is 3. The second-order valence-corrected chi connectivity index (χ2v) is 2.87. The molecule has 50 valence electrons. The number of hydrogen-bond acceptors (Lipinski definition) is 4. The molecule has 6 heteroatoms. The second-order valence-electron chi connectivity index (χ2n) is 1.11. The van der Waals surface area contributed by atoms with E-state index in [1.807, 2.05) is 0 Å². The number of aliphatic hydroxyl groups is 2. The van der Waals surface area contributed by atoms with Crippen molar-refractivity contribution in [1.29, 1.82) is 0 Å². The van der Waals surface area contributed by atoms with Crippen molar-refractivity contribution in [2.24, 2.45) is 5.73 Å². The Morgan fingerprint density at radius 1 is 1.67 bits per heavy atom. The first-order valence-electron chi connectivity index (χ1n) is 1.91. The SMILES string of the molecule is NC(=S)SCC(O)O.[NaH]. The van der Waals surface area contributed by atoms with Gasteiger partial charge in [-0.2, -0.15) is 0 Å². The van der Waals surface area contributed by atoms with Crippen molar-refractivity contribution in [3.05, 3.63) is 0 Å². The molecule has 0 aromatic carbocycles. The van der Waals surface area contributed by atoms with Crippen molar-refractivity contribution in [1.82, 2.24) is 0 Å². The van der Waals surface area contributed by atoms with Crippen LogP contribution in [-0.2, 0) is 0 Å². The van der Waals surface area contributed by atoms with Crippen LogP contribution >= 0.6 is 24.0 Å². The van der Waals surface area contributed by atoms with E-state index >= 15 is 0 Å². The van der Waals surface area contributed by atoms with Gasteiger partial charge in [0.1, 0.15) is 4.32 Å². The van der Waals surface area contributed by atoms with E-state index < -0.39 is 6.29 Å². The molecule has 0 fully saturated rings. The molecule has 0 amide bonds. The molecule has 0 heterocycles. The summed E-state index contributed by atoms with van der Waals surface area (Å²) in [6.07, 6.45) is -1.32. The number of rotatable bonds is 2. The molecule has 0 saturated heterocycles. The molecule has 3 nitrogen and oxygen atoms in total. The molecule has 0 unspecified atom stereocenters. The average molecular weight is 177 g/mol. The third-order valence-corrected chi connectivity index (χ3v) is 1.48. The van der Waals surface area contributed by atoms with Gasteiger partial charge in [0.05, 0.1) is 5.75 Å². The van der Waals surface area contributed by atoms with E-state index in [0.717, 1.165) is 11.8 Å². The molecular weight excluding hydrogens is 169 g/mol. The van der Waals surface area contributed by atoms with Crippen LogP contribution in [0.25, 0.3) is 0 Å². The van der Waals surface area contributed by atoms with E-state index in [1.165, 1.54) is 0 Å². The summed E-state index contributed by atoms with van der Waals surface area (Å²) in [5.74, 6) is 0.148. The van der Waals surface area contributed by atoms with Crippen LogP contribution in [0.2, 0.25) is 0 Å². The maximum atomic E-state index is 8.22. The minimum atomic E-state index is -1.32. The van der Waals surface area contributed by atoms with Crippen LogP contribution in [0.4, 0.5) is 0 Å². The third-order valence-electron chi connectivity index (χ3n) is 0.375. The fourth-order valence-electron chi connectivity index (χ4n) is 0.157. The normalized spacial score (nSPS) is 8.78. The van der Waals surface area contributed by atoms with Gasteiger partial charge in [0.15, 0.2) is 6.29 Å².